The van der Waals surface area contributed by atoms with Crippen LogP contribution in [0.3, 0.4) is 0 Å². The minimum Gasteiger partial charge on any atom is -0.237 e. The van der Waals surface area contributed by atoms with E-state index in [9.17, 15) is 0 Å². The largest absolute Gasteiger partial charge is 0.237 e. The van der Waals surface area contributed by atoms with Crippen LogP contribution in [-0.2, 0) is 19.6 Å². The first-order valence-electron chi connectivity index (χ1n) is 5.87. The highest BCUT2D eigenvalue weighted by Gasteiger charge is 2.42. The van der Waals surface area contributed by atoms with Crippen molar-refractivity contribution in [1.82, 2.24) is 0 Å². The van der Waals surface area contributed by atoms with Gasteiger partial charge in [0.15, 0.2) is 0 Å². The van der Waals surface area contributed by atoms with Gasteiger partial charge in [0.05, 0.1) is 14.2 Å². The molecule has 4 heteroatoms. The fourth-order valence-electron chi connectivity index (χ4n) is 2.41. The Bertz CT molecular complexity index is 194. The summed E-state index contributed by atoms with van der Waals surface area (Å²) in [6.07, 6.45) is 3.74. The van der Waals surface area contributed by atoms with Crippen molar-refractivity contribution in [2.24, 2.45) is 11.3 Å². The molecule has 0 spiro atoms. The number of rotatable bonds is 4. The Kier molecular flexibility index (Phi) is 4.73. The van der Waals surface area contributed by atoms with Crippen LogP contribution in [-0.4, -0.2) is 20.0 Å². The summed E-state index contributed by atoms with van der Waals surface area (Å²) in [6, 6.07) is 0. The summed E-state index contributed by atoms with van der Waals surface area (Å²) in [5, 5.41) is 0. The molecule has 1 rings (SSSR count). The maximum atomic E-state index is 5.22. The van der Waals surface area contributed by atoms with E-state index >= 15 is 0 Å². The first kappa shape index (κ1) is 13.9. The SMILES string of the molecule is COOC1(OOC)CCC(C(C)(C)C)CC1. The third-order valence-electron chi connectivity index (χ3n) is 3.44. The van der Waals surface area contributed by atoms with Crippen molar-refractivity contribution in [2.45, 2.75) is 52.2 Å². The average Bonchev–Trinajstić information content (AvgIpc) is 2.17. The molecule has 0 aromatic rings. The van der Waals surface area contributed by atoms with Gasteiger partial charge >= 0.3 is 0 Å². The molecule has 0 aromatic heterocycles. The Labute approximate surface area is 98.1 Å². The highest BCUT2D eigenvalue weighted by atomic mass is 17.3. The van der Waals surface area contributed by atoms with E-state index in [4.69, 9.17) is 19.6 Å². The van der Waals surface area contributed by atoms with E-state index in [2.05, 4.69) is 20.8 Å². The van der Waals surface area contributed by atoms with Crippen molar-refractivity contribution in [1.29, 1.82) is 0 Å². The van der Waals surface area contributed by atoms with E-state index in [0.29, 0.717) is 11.3 Å². The number of hydrogen-bond acceptors (Lipinski definition) is 4. The van der Waals surface area contributed by atoms with Gasteiger partial charge in [-0.3, -0.25) is 0 Å². The van der Waals surface area contributed by atoms with E-state index in [1.165, 1.54) is 14.2 Å². The fraction of sp³-hybridized carbons (Fsp3) is 1.00. The second-order valence-electron chi connectivity index (χ2n) is 5.55. The van der Waals surface area contributed by atoms with Gasteiger partial charge in [-0.05, 0) is 24.2 Å². The molecule has 0 bridgehead atoms. The van der Waals surface area contributed by atoms with Gasteiger partial charge in [-0.2, -0.15) is 9.78 Å². The summed E-state index contributed by atoms with van der Waals surface area (Å²) >= 11 is 0. The van der Waals surface area contributed by atoms with Gasteiger partial charge in [0.25, 0.3) is 0 Å². The molecule has 0 amide bonds. The molecule has 1 saturated carbocycles. The lowest BCUT2D eigenvalue weighted by atomic mass is 9.71. The molecule has 0 aliphatic heterocycles. The third-order valence-corrected chi connectivity index (χ3v) is 3.44. The van der Waals surface area contributed by atoms with Gasteiger partial charge in [-0.1, -0.05) is 20.8 Å². The molecule has 4 nitrogen and oxygen atoms in total. The molecule has 1 aliphatic carbocycles. The van der Waals surface area contributed by atoms with Crippen LogP contribution >= 0.6 is 0 Å². The molecule has 0 N–H and O–H groups in total. The van der Waals surface area contributed by atoms with Gasteiger partial charge in [0.2, 0.25) is 5.79 Å². The maximum Gasteiger partial charge on any atom is 0.233 e. The second-order valence-corrected chi connectivity index (χ2v) is 5.55. The lowest BCUT2D eigenvalue weighted by molar-refractivity contribution is -0.506. The molecular formula is C12H24O4. The fourth-order valence-corrected chi connectivity index (χ4v) is 2.41. The van der Waals surface area contributed by atoms with E-state index < -0.39 is 5.79 Å². The highest BCUT2D eigenvalue weighted by Crippen LogP contribution is 2.43. The minimum absolute atomic E-state index is 0.340. The normalized spacial score (nSPS) is 22.3. The average molecular weight is 232 g/mol. The van der Waals surface area contributed by atoms with Crippen molar-refractivity contribution >= 4 is 0 Å². The van der Waals surface area contributed by atoms with Gasteiger partial charge in [-0.25, -0.2) is 9.78 Å². The molecule has 0 heterocycles. The quantitative estimate of drug-likeness (QED) is 0.424. The molecule has 0 radical (unpaired) electrons. The monoisotopic (exact) mass is 232 g/mol. The zero-order chi connectivity index (χ0) is 12.2. The first-order chi connectivity index (χ1) is 7.43. The molecule has 96 valence electrons. The van der Waals surface area contributed by atoms with Gasteiger partial charge in [0, 0.05) is 12.8 Å². The van der Waals surface area contributed by atoms with Crippen molar-refractivity contribution in [3.63, 3.8) is 0 Å². The molecular weight excluding hydrogens is 208 g/mol. The Morgan fingerprint density at radius 3 is 1.69 bits per heavy atom. The van der Waals surface area contributed by atoms with Crippen LogP contribution < -0.4 is 0 Å². The molecule has 1 aliphatic rings. The second kappa shape index (κ2) is 5.45. The Balaban J connectivity index is 2.55. The Morgan fingerprint density at radius 1 is 0.938 bits per heavy atom. The lowest BCUT2D eigenvalue weighted by Gasteiger charge is -2.41. The summed E-state index contributed by atoms with van der Waals surface area (Å²) in [5.41, 5.74) is 0.340. The van der Waals surface area contributed by atoms with E-state index in [-0.39, 0.29) is 0 Å². The molecule has 16 heavy (non-hydrogen) atoms. The minimum atomic E-state index is -0.717. The molecule has 0 atom stereocenters. The van der Waals surface area contributed by atoms with Gasteiger partial charge < -0.3 is 0 Å². The summed E-state index contributed by atoms with van der Waals surface area (Å²) in [7, 11) is 2.99. The lowest BCUT2D eigenvalue weighted by Crippen LogP contribution is -2.41. The first-order valence-corrected chi connectivity index (χ1v) is 5.87. The van der Waals surface area contributed by atoms with E-state index in [1.807, 2.05) is 0 Å². The molecule has 1 fully saturated rings. The summed E-state index contributed by atoms with van der Waals surface area (Å²) in [4.78, 5) is 20.0. The standard InChI is InChI=1S/C12H24O4/c1-11(2,3)10-6-8-12(9-7-10,15-13-4)16-14-5/h10H,6-9H2,1-5H3. The van der Waals surface area contributed by atoms with Crippen molar-refractivity contribution in [3.05, 3.63) is 0 Å². The van der Waals surface area contributed by atoms with Gasteiger partial charge in [0.1, 0.15) is 0 Å². The van der Waals surface area contributed by atoms with E-state index in [1.54, 1.807) is 0 Å². The predicted molar refractivity (Wildman–Crippen MR) is 60.3 cm³/mol. The summed E-state index contributed by atoms with van der Waals surface area (Å²) < 4.78 is 0. The topological polar surface area (TPSA) is 36.9 Å². The zero-order valence-electron chi connectivity index (χ0n) is 11.0. The summed E-state index contributed by atoms with van der Waals surface area (Å²) in [6.45, 7) is 6.83. The Morgan fingerprint density at radius 2 is 1.38 bits per heavy atom. The zero-order valence-corrected chi connectivity index (χ0v) is 11.0. The predicted octanol–water partition coefficient (Wildman–Crippen LogP) is 3.08. The Hall–Kier alpha value is -0.160. The van der Waals surface area contributed by atoms with Crippen LogP contribution in [0.4, 0.5) is 0 Å². The molecule has 0 unspecified atom stereocenters. The van der Waals surface area contributed by atoms with Crippen LogP contribution in [0, 0.1) is 11.3 Å². The van der Waals surface area contributed by atoms with Crippen LogP contribution in [0.5, 0.6) is 0 Å². The van der Waals surface area contributed by atoms with Crippen LogP contribution in [0.1, 0.15) is 46.5 Å². The van der Waals surface area contributed by atoms with Crippen LogP contribution in [0.15, 0.2) is 0 Å². The maximum absolute atomic E-state index is 5.22. The number of hydrogen-bond donors (Lipinski definition) is 0. The van der Waals surface area contributed by atoms with Gasteiger partial charge in [-0.15, -0.1) is 0 Å². The highest BCUT2D eigenvalue weighted by molar-refractivity contribution is 4.84. The molecule has 0 saturated heterocycles. The summed E-state index contributed by atoms with van der Waals surface area (Å²) in [5.74, 6) is -0.0211. The van der Waals surface area contributed by atoms with Crippen molar-refractivity contribution in [2.75, 3.05) is 14.2 Å². The van der Waals surface area contributed by atoms with E-state index in [0.717, 1.165) is 25.7 Å². The van der Waals surface area contributed by atoms with Crippen molar-refractivity contribution in [3.8, 4) is 0 Å². The smallest absolute Gasteiger partial charge is 0.233 e. The van der Waals surface area contributed by atoms with Crippen LogP contribution in [0.2, 0.25) is 0 Å². The third kappa shape index (κ3) is 3.42. The molecule has 0 aromatic carbocycles. The van der Waals surface area contributed by atoms with Crippen LogP contribution in [0.25, 0.3) is 0 Å². The van der Waals surface area contributed by atoms with Crippen molar-refractivity contribution < 1.29 is 19.6 Å².